The first-order chi connectivity index (χ1) is 7.72. The van der Waals surface area contributed by atoms with Crippen LogP contribution in [0.4, 0.5) is 0 Å². The lowest BCUT2D eigenvalue weighted by molar-refractivity contribution is -0.110. The molecular formula is C12H15NO3. The summed E-state index contributed by atoms with van der Waals surface area (Å²) in [6, 6.07) is 7.00. The number of nitrogens with one attached hydrogen (secondary N) is 1. The van der Waals surface area contributed by atoms with Gasteiger partial charge in [0, 0.05) is 0 Å². The standard InChI is InChI=1S/C12H15NO3/c1-3-11(13-8-14)9-4-6-10(7-5-9)12(15)16-2/h4-8,11H,3H2,1-2H3,(H,13,14). The highest BCUT2D eigenvalue weighted by Gasteiger charge is 2.09. The first-order valence-corrected chi connectivity index (χ1v) is 5.10. The van der Waals surface area contributed by atoms with Gasteiger partial charge in [0.05, 0.1) is 18.7 Å². The Morgan fingerprint density at radius 1 is 1.44 bits per heavy atom. The van der Waals surface area contributed by atoms with Gasteiger partial charge in [-0.25, -0.2) is 4.79 Å². The zero-order valence-electron chi connectivity index (χ0n) is 9.40. The van der Waals surface area contributed by atoms with E-state index in [9.17, 15) is 9.59 Å². The summed E-state index contributed by atoms with van der Waals surface area (Å²) in [5, 5.41) is 2.71. The fourth-order valence-electron chi connectivity index (χ4n) is 1.50. The molecule has 0 heterocycles. The highest BCUT2D eigenvalue weighted by molar-refractivity contribution is 5.89. The number of methoxy groups -OCH3 is 1. The summed E-state index contributed by atoms with van der Waals surface area (Å²) in [6.45, 7) is 1.98. The minimum atomic E-state index is -0.358. The normalized spacial score (nSPS) is 11.6. The van der Waals surface area contributed by atoms with Gasteiger partial charge in [-0.3, -0.25) is 4.79 Å². The van der Waals surface area contributed by atoms with Crippen LogP contribution in [0.25, 0.3) is 0 Å². The monoisotopic (exact) mass is 221 g/mol. The number of carbonyl (C=O) groups excluding carboxylic acids is 2. The number of hydrogen-bond donors (Lipinski definition) is 1. The van der Waals surface area contributed by atoms with Crippen LogP contribution in [0, 0.1) is 0 Å². The summed E-state index contributed by atoms with van der Waals surface area (Å²) < 4.78 is 4.60. The third-order valence-corrected chi connectivity index (χ3v) is 2.41. The lowest BCUT2D eigenvalue weighted by Crippen LogP contribution is -2.18. The van der Waals surface area contributed by atoms with Gasteiger partial charge in [0.25, 0.3) is 0 Å². The average Bonchev–Trinajstić information content (AvgIpc) is 2.35. The van der Waals surface area contributed by atoms with Crippen molar-refractivity contribution in [3.8, 4) is 0 Å². The second-order valence-corrected chi connectivity index (χ2v) is 3.36. The topological polar surface area (TPSA) is 55.4 Å². The summed E-state index contributed by atoms with van der Waals surface area (Å²) in [6.07, 6.45) is 1.48. The quantitative estimate of drug-likeness (QED) is 0.607. The smallest absolute Gasteiger partial charge is 0.337 e. The molecule has 4 heteroatoms. The van der Waals surface area contributed by atoms with Crippen molar-refractivity contribution in [2.24, 2.45) is 0 Å². The highest BCUT2D eigenvalue weighted by atomic mass is 16.5. The van der Waals surface area contributed by atoms with Gasteiger partial charge in [0.2, 0.25) is 6.41 Å². The van der Waals surface area contributed by atoms with Crippen LogP contribution in [0.15, 0.2) is 24.3 Å². The SMILES string of the molecule is CCC(NC=O)c1ccc(C(=O)OC)cc1. The third-order valence-electron chi connectivity index (χ3n) is 2.41. The van der Waals surface area contributed by atoms with Gasteiger partial charge in [-0.2, -0.15) is 0 Å². The van der Waals surface area contributed by atoms with E-state index in [0.717, 1.165) is 12.0 Å². The maximum atomic E-state index is 11.2. The average molecular weight is 221 g/mol. The Kier molecular flexibility index (Phi) is 4.51. The molecule has 4 nitrogen and oxygen atoms in total. The van der Waals surface area contributed by atoms with Crippen LogP contribution in [0.2, 0.25) is 0 Å². The Hall–Kier alpha value is -1.84. The lowest BCUT2D eigenvalue weighted by Gasteiger charge is -2.14. The molecule has 1 atom stereocenters. The fraction of sp³-hybridized carbons (Fsp3) is 0.333. The van der Waals surface area contributed by atoms with Gasteiger partial charge in [-0.05, 0) is 24.1 Å². The summed E-state index contributed by atoms with van der Waals surface area (Å²) in [4.78, 5) is 21.6. The Labute approximate surface area is 94.6 Å². The number of ether oxygens (including phenoxy) is 1. The van der Waals surface area contributed by atoms with Crippen LogP contribution in [-0.4, -0.2) is 19.5 Å². The molecule has 1 rings (SSSR count). The Morgan fingerprint density at radius 3 is 2.50 bits per heavy atom. The summed E-state index contributed by atoms with van der Waals surface area (Å²) >= 11 is 0. The molecule has 1 aromatic carbocycles. The van der Waals surface area contributed by atoms with Crippen LogP contribution in [-0.2, 0) is 9.53 Å². The molecule has 1 N–H and O–H groups in total. The molecular weight excluding hydrogens is 206 g/mol. The van der Waals surface area contributed by atoms with Gasteiger partial charge >= 0.3 is 5.97 Å². The largest absolute Gasteiger partial charge is 0.465 e. The molecule has 1 aromatic rings. The summed E-state index contributed by atoms with van der Waals surface area (Å²) in [5.74, 6) is -0.358. The first-order valence-electron chi connectivity index (χ1n) is 5.10. The molecule has 1 amide bonds. The van der Waals surface area contributed by atoms with Crippen molar-refractivity contribution in [1.82, 2.24) is 5.32 Å². The molecule has 0 aliphatic heterocycles. The Bertz CT molecular complexity index is 359. The van der Waals surface area contributed by atoms with Gasteiger partial charge in [-0.1, -0.05) is 19.1 Å². The maximum absolute atomic E-state index is 11.2. The molecule has 0 saturated carbocycles. The van der Waals surface area contributed by atoms with Crippen molar-refractivity contribution in [3.05, 3.63) is 35.4 Å². The lowest BCUT2D eigenvalue weighted by atomic mass is 10.0. The molecule has 86 valence electrons. The molecule has 0 aliphatic carbocycles. The second kappa shape index (κ2) is 5.90. The summed E-state index contributed by atoms with van der Waals surface area (Å²) in [7, 11) is 1.35. The molecule has 0 saturated heterocycles. The van der Waals surface area contributed by atoms with Crippen molar-refractivity contribution in [1.29, 1.82) is 0 Å². The van der Waals surface area contributed by atoms with E-state index in [1.165, 1.54) is 7.11 Å². The van der Waals surface area contributed by atoms with Crippen molar-refractivity contribution < 1.29 is 14.3 Å². The number of carbonyl (C=O) groups is 2. The van der Waals surface area contributed by atoms with E-state index in [0.29, 0.717) is 12.0 Å². The number of amides is 1. The molecule has 0 bridgehead atoms. The van der Waals surface area contributed by atoms with E-state index in [1.807, 2.05) is 19.1 Å². The van der Waals surface area contributed by atoms with E-state index in [1.54, 1.807) is 12.1 Å². The maximum Gasteiger partial charge on any atom is 0.337 e. The number of esters is 1. The zero-order chi connectivity index (χ0) is 12.0. The van der Waals surface area contributed by atoms with Crippen molar-refractivity contribution in [2.45, 2.75) is 19.4 Å². The molecule has 1 unspecified atom stereocenters. The number of rotatable bonds is 5. The highest BCUT2D eigenvalue weighted by Crippen LogP contribution is 2.16. The second-order valence-electron chi connectivity index (χ2n) is 3.36. The molecule has 0 aromatic heterocycles. The van der Waals surface area contributed by atoms with Gasteiger partial charge in [-0.15, -0.1) is 0 Å². The van der Waals surface area contributed by atoms with E-state index >= 15 is 0 Å². The fourth-order valence-corrected chi connectivity index (χ4v) is 1.50. The molecule has 0 fully saturated rings. The number of hydrogen-bond acceptors (Lipinski definition) is 3. The molecule has 16 heavy (non-hydrogen) atoms. The van der Waals surface area contributed by atoms with E-state index < -0.39 is 0 Å². The van der Waals surface area contributed by atoms with Gasteiger partial charge < -0.3 is 10.1 Å². The minimum Gasteiger partial charge on any atom is -0.465 e. The Morgan fingerprint density at radius 2 is 2.06 bits per heavy atom. The first kappa shape index (κ1) is 12.2. The third kappa shape index (κ3) is 2.82. The van der Waals surface area contributed by atoms with Crippen molar-refractivity contribution in [3.63, 3.8) is 0 Å². The van der Waals surface area contributed by atoms with Gasteiger partial charge in [0.1, 0.15) is 0 Å². The van der Waals surface area contributed by atoms with E-state index in [4.69, 9.17) is 0 Å². The summed E-state index contributed by atoms with van der Waals surface area (Å²) in [5.41, 5.74) is 1.48. The van der Waals surface area contributed by atoms with Gasteiger partial charge in [0.15, 0.2) is 0 Å². The zero-order valence-corrected chi connectivity index (χ0v) is 9.40. The van der Waals surface area contributed by atoms with Crippen LogP contribution >= 0.6 is 0 Å². The van der Waals surface area contributed by atoms with Crippen LogP contribution in [0.5, 0.6) is 0 Å². The number of benzene rings is 1. The van der Waals surface area contributed by atoms with Crippen molar-refractivity contribution in [2.75, 3.05) is 7.11 Å². The van der Waals surface area contributed by atoms with Crippen LogP contribution in [0.3, 0.4) is 0 Å². The molecule has 0 spiro atoms. The van der Waals surface area contributed by atoms with Crippen LogP contribution in [0.1, 0.15) is 35.3 Å². The predicted octanol–water partition coefficient (Wildman–Crippen LogP) is 1.67. The molecule has 0 aliphatic rings. The van der Waals surface area contributed by atoms with E-state index in [2.05, 4.69) is 10.1 Å². The van der Waals surface area contributed by atoms with Crippen LogP contribution < -0.4 is 5.32 Å². The molecule has 0 radical (unpaired) electrons. The Balaban J connectivity index is 2.84. The predicted molar refractivity (Wildman–Crippen MR) is 60.0 cm³/mol. The van der Waals surface area contributed by atoms with E-state index in [-0.39, 0.29) is 12.0 Å². The minimum absolute atomic E-state index is 0.0100. The van der Waals surface area contributed by atoms with Crippen molar-refractivity contribution >= 4 is 12.4 Å².